The molecule has 0 saturated carbocycles. The molecular weight excluding hydrogens is 160 g/mol. The Bertz CT molecular complexity index is 109. The Hall–Kier alpha value is -0.0800. The van der Waals surface area contributed by atoms with Crippen LogP contribution in [0.3, 0.4) is 0 Å². The monoisotopic (exact) mass is 186 g/mol. The highest BCUT2D eigenvalue weighted by Crippen LogP contribution is 1.94. The first kappa shape index (κ1) is 12.9. The number of likely N-dealkylation sites (N-methyl/N-ethyl adjacent to an activating group) is 1. The fourth-order valence-corrected chi connectivity index (χ4v) is 1.37. The summed E-state index contributed by atoms with van der Waals surface area (Å²) in [4.78, 5) is 2.46. The molecule has 1 N–H and O–H groups in total. The van der Waals surface area contributed by atoms with Crippen molar-refractivity contribution in [3.63, 3.8) is 0 Å². The maximum atomic E-state index is 3.54. The first-order chi connectivity index (χ1) is 6.10. The zero-order chi connectivity index (χ0) is 10.3. The van der Waals surface area contributed by atoms with Gasteiger partial charge in [0, 0.05) is 12.6 Å². The SMILES string of the molecule is CCN(CC)CC(C)NCC(C)C. The summed E-state index contributed by atoms with van der Waals surface area (Å²) in [5.41, 5.74) is 0. The summed E-state index contributed by atoms with van der Waals surface area (Å²) in [5.74, 6) is 0.749. The number of nitrogens with zero attached hydrogens (tertiary/aromatic N) is 1. The smallest absolute Gasteiger partial charge is 0.0166 e. The number of rotatable bonds is 7. The molecule has 0 amide bonds. The first-order valence-electron chi connectivity index (χ1n) is 5.55. The van der Waals surface area contributed by atoms with Gasteiger partial charge in [-0.3, -0.25) is 0 Å². The fourth-order valence-electron chi connectivity index (χ4n) is 1.37. The molecule has 0 rings (SSSR count). The van der Waals surface area contributed by atoms with Crippen LogP contribution in [0.4, 0.5) is 0 Å². The molecule has 13 heavy (non-hydrogen) atoms. The van der Waals surface area contributed by atoms with Crippen molar-refractivity contribution in [1.29, 1.82) is 0 Å². The molecule has 2 nitrogen and oxygen atoms in total. The molecular formula is C11H26N2. The van der Waals surface area contributed by atoms with E-state index in [0.29, 0.717) is 6.04 Å². The summed E-state index contributed by atoms with van der Waals surface area (Å²) >= 11 is 0. The van der Waals surface area contributed by atoms with Crippen LogP contribution in [0.1, 0.15) is 34.6 Å². The summed E-state index contributed by atoms with van der Waals surface area (Å²) in [6, 6.07) is 0.613. The summed E-state index contributed by atoms with van der Waals surface area (Å²) in [6.45, 7) is 15.8. The van der Waals surface area contributed by atoms with Gasteiger partial charge in [-0.2, -0.15) is 0 Å². The second-order valence-electron chi connectivity index (χ2n) is 4.19. The lowest BCUT2D eigenvalue weighted by Crippen LogP contribution is -2.40. The van der Waals surface area contributed by atoms with Gasteiger partial charge >= 0.3 is 0 Å². The van der Waals surface area contributed by atoms with Gasteiger partial charge < -0.3 is 10.2 Å². The van der Waals surface area contributed by atoms with Crippen LogP contribution in [0.15, 0.2) is 0 Å². The maximum absolute atomic E-state index is 3.54. The Morgan fingerprint density at radius 1 is 1.08 bits per heavy atom. The second kappa shape index (κ2) is 7.34. The average Bonchev–Trinajstić information content (AvgIpc) is 2.10. The van der Waals surface area contributed by atoms with Crippen LogP contribution in [0, 0.1) is 5.92 Å². The van der Waals surface area contributed by atoms with Gasteiger partial charge in [-0.05, 0) is 32.5 Å². The zero-order valence-electron chi connectivity index (χ0n) is 9.93. The Morgan fingerprint density at radius 2 is 1.62 bits per heavy atom. The van der Waals surface area contributed by atoms with Gasteiger partial charge in [0.05, 0.1) is 0 Å². The summed E-state index contributed by atoms with van der Waals surface area (Å²) in [7, 11) is 0. The highest BCUT2D eigenvalue weighted by atomic mass is 15.1. The van der Waals surface area contributed by atoms with E-state index in [9.17, 15) is 0 Å². The van der Waals surface area contributed by atoms with Crippen LogP contribution in [0.2, 0.25) is 0 Å². The normalized spacial score (nSPS) is 14.1. The molecule has 0 aromatic carbocycles. The highest BCUT2D eigenvalue weighted by molar-refractivity contribution is 4.66. The minimum absolute atomic E-state index is 0.613. The number of hydrogen-bond donors (Lipinski definition) is 1. The van der Waals surface area contributed by atoms with Crippen molar-refractivity contribution in [2.75, 3.05) is 26.2 Å². The molecule has 0 aliphatic carbocycles. The average molecular weight is 186 g/mol. The minimum Gasteiger partial charge on any atom is -0.313 e. The van der Waals surface area contributed by atoms with E-state index in [1.54, 1.807) is 0 Å². The molecule has 0 saturated heterocycles. The van der Waals surface area contributed by atoms with Gasteiger partial charge in [0.1, 0.15) is 0 Å². The Balaban J connectivity index is 3.53. The third-order valence-corrected chi connectivity index (χ3v) is 2.30. The van der Waals surface area contributed by atoms with Crippen molar-refractivity contribution >= 4 is 0 Å². The summed E-state index contributed by atoms with van der Waals surface area (Å²) < 4.78 is 0. The van der Waals surface area contributed by atoms with E-state index in [4.69, 9.17) is 0 Å². The largest absolute Gasteiger partial charge is 0.313 e. The van der Waals surface area contributed by atoms with Crippen molar-refractivity contribution < 1.29 is 0 Å². The quantitative estimate of drug-likeness (QED) is 0.654. The summed E-state index contributed by atoms with van der Waals surface area (Å²) in [5, 5.41) is 3.54. The van der Waals surface area contributed by atoms with E-state index < -0.39 is 0 Å². The van der Waals surface area contributed by atoms with E-state index in [-0.39, 0.29) is 0 Å². The topological polar surface area (TPSA) is 15.3 Å². The van der Waals surface area contributed by atoms with Gasteiger partial charge in [-0.15, -0.1) is 0 Å². The predicted molar refractivity (Wildman–Crippen MR) is 60.1 cm³/mol. The summed E-state index contributed by atoms with van der Waals surface area (Å²) in [6.07, 6.45) is 0. The maximum Gasteiger partial charge on any atom is 0.0166 e. The molecule has 2 heteroatoms. The van der Waals surface area contributed by atoms with E-state index in [1.807, 2.05) is 0 Å². The third-order valence-electron chi connectivity index (χ3n) is 2.30. The van der Waals surface area contributed by atoms with Gasteiger partial charge in [0.25, 0.3) is 0 Å². The van der Waals surface area contributed by atoms with Crippen molar-refractivity contribution in [2.45, 2.75) is 40.7 Å². The van der Waals surface area contributed by atoms with Crippen LogP contribution >= 0.6 is 0 Å². The fraction of sp³-hybridized carbons (Fsp3) is 1.00. The predicted octanol–water partition coefficient (Wildman–Crippen LogP) is 1.96. The van der Waals surface area contributed by atoms with Gasteiger partial charge in [0.15, 0.2) is 0 Å². The molecule has 0 aliphatic heterocycles. The van der Waals surface area contributed by atoms with Crippen LogP contribution in [0.25, 0.3) is 0 Å². The highest BCUT2D eigenvalue weighted by Gasteiger charge is 2.06. The molecule has 0 heterocycles. The molecule has 80 valence electrons. The molecule has 1 unspecified atom stereocenters. The molecule has 0 aliphatic rings. The van der Waals surface area contributed by atoms with E-state index in [1.165, 1.54) is 6.54 Å². The molecule has 0 aromatic rings. The molecule has 1 atom stereocenters. The zero-order valence-corrected chi connectivity index (χ0v) is 9.93. The lowest BCUT2D eigenvalue weighted by atomic mass is 10.2. The van der Waals surface area contributed by atoms with E-state index >= 15 is 0 Å². The van der Waals surface area contributed by atoms with E-state index in [0.717, 1.165) is 25.6 Å². The molecule has 0 fully saturated rings. The number of hydrogen-bond acceptors (Lipinski definition) is 2. The van der Waals surface area contributed by atoms with Crippen molar-refractivity contribution in [1.82, 2.24) is 10.2 Å². The van der Waals surface area contributed by atoms with Crippen LogP contribution < -0.4 is 5.32 Å². The lowest BCUT2D eigenvalue weighted by Gasteiger charge is -2.24. The van der Waals surface area contributed by atoms with Crippen molar-refractivity contribution in [3.05, 3.63) is 0 Å². The van der Waals surface area contributed by atoms with Crippen LogP contribution in [0.5, 0.6) is 0 Å². The standard InChI is InChI=1S/C11H26N2/c1-6-13(7-2)9-11(5)12-8-10(3)4/h10-12H,6-9H2,1-5H3. The lowest BCUT2D eigenvalue weighted by molar-refractivity contribution is 0.268. The Labute approximate surface area is 83.7 Å². The Morgan fingerprint density at radius 3 is 2.00 bits per heavy atom. The second-order valence-corrected chi connectivity index (χ2v) is 4.19. The molecule has 0 aromatic heterocycles. The molecule has 0 spiro atoms. The van der Waals surface area contributed by atoms with Gasteiger partial charge in [-0.1, -0.05) is 27.7 Å². The van der Waals surface area contributed by atoms with Gasteiger partial charge in [-0.25, -0.2) is 0 Å². The first-order valence-corrected chi connectivity index (χ1v) is 5.55. The van der Waals surface area contributed by atoms with Crippen LogP contribution in [-0.2, 0) is 0 Å². The minimum atomic E-state index is 0.613. The number of nitrogens with one attached hydrogen (secondary N) is 1. The molecule has 0 bridgehead atoms. The van der Waals surface area contributed by atoms with Crippen molar-refractivity contribution in [3.8, 4) is 0 Å². The van der Waals surface area contributed by atoms with Crippen LogP contribution in [-0.4, -0.2) is 37.1 Å². The van der Waals surface area contributed by atoms with Crippen molar-refractivity contribution in [2.24, 2.45) is 5.92 Å². The molecule has 0 radical (unpaired) electrons. The van der Waals surface area contributed by atoms with E-state index in [2.05, 4.69) is 44.8 Å². The Kier molecular flexibility index (Phi) is 7.29. The third kappa shape index (κ3) is 7.03. The van der Waals surface area contributed by atoms with Gasteiger partial charge in [0.2, 0.25) is 0 Å².